The Morgan fingerprint density at radius 1 is 1.42 bits per heavy atom. The summed E-state index contributed by atoms with van der Waals surface area (Å²) in [7, 11) is 0. The van der Waals surface area contributed by atoms with E-state index in [0.717, 1.165) is 19.3 Å². The maximum absolute atomic E-state index is 9.90. The lowest BCUT2D eigenvalue weighted by Crippen LogP contribution is -2.07. The Labute approximate surface area is 80.2 Å². The fourth-order valence-electron chi connectivity index (χ4n) is 0.875. The van der Waals surface area contributed by atoms with E-state index in [0.29, 0.717) is 11.8 Å². The van der Waals surface area contributed by atoms with E-state index in [1.54, 1.807) is 0 Å². The lowest BCUT2D eigenvalue weighted by molar-refractivity contribution is -0.480. The number of halogens is 1. The largest absolute Gasteiger partial charge is 0.392 e. The second-order valence-electron chi connectivity index (χ2n) is 2.71. The normalized spacial score (nSPS) is 12.8. The van der Waals surface area contributed by atoms with E-state index in [1.165, 1.54) is 0 Å². The number of aliphatic hydroxyl groups is 1. The number of hydrogen-bond donors (Lipinski definition) is 1. The van der Waals surface area contributed by atoms with Gasteiger partial charge in [-0.05, 0) is 12.8 Å². The van der Waals surface area contributed by atoms with Gasteiger partial charge in [0.05, 0.1) is 6.10 Å². The molecule has 12 heavy (non-hydrogen) atoms. The molecule has 1 N–H and O–H groups in total. The van der Waals surface area contributed by atoms with Crippen LogP contribution in [0.4, 0.5) is 0 Å². The molecule has 0 aliphatic rings. The lowest BCUT2D eigenvalue weighted by Gasteiger charge is -2.04. The number of nitrogens with zero attached hydrogens (tertiary/aromatic N) is 1. The Morgan fingerprint density at radius 2 is 2.08 bits per heavy atom. The van der Waals surface area contributed by atoms with Crippen molar-refractivity contribution in [3.63, 3.8) is 0 Å². The molecule has 0 aromatic carbocycles. The summed E-state index contributed by atoms with van der Waals surface area (Å²) in [6.07, 6.45) is 2.72. The molecule has 1 atom stereocenters. The van der Waals surface area contributed by atoms with Crippen LogP contribution in [0.15, 0.2) is 0 Å². The Kier molecular flexibility index (Phi) is 7.39. The van der Waals surface area contributed by atoms with Crippen molar-refractivity contribution in [1.29, 1.82) is 0 Å². The molecule has 0 aromatic rings. The highest BCUT2D eigenvalue weighted by Gasteiger charge is 2.01. The molecule has 0 aliphatic carbocycles. The number of nitro groups is 1. The van der Waals surface area contributed by atoms with E-state index >= 15 is 0 Å². The third-order valence-electron chi connectivity index (χ3n) is 1.56. The molecule has 0 aromatic heterocycles. The van der Waals surface area contributed by atoms with Crippen molar-refractivity contribution in [2.75, 3.05) is 11.9 Å². The number of alkyl halides is 1. The number of hydrogen-bond acceptors (Lipinski definition) is 3. The van der Waals surface area contributed by atoms with Crippen LogP contribution in [0, 0.1) is 10.1 Å². The Balaban J connectivity index is 3.05. The molecule has 0 heterocycles. The summed E-state index contributed by atoms with van der Waals surface area (Å²) in [5, 5.41) is 19.6. The summed E-state index contributed by atoms with van der Waals surface area (Å²) in [6, 6.07) is 0. The van der Waals surface area contributed by atoms with Crippen LogP contribution >= 0.6 is 15.9 Å². The molecule has 0 saturated carbocycles. The van der Waals surface area contributed by atoms with Crippen LogP contribution in [0.2, 0.25) is 0 Å². The van der Waals surface area contributed by atoms with Crippen molar-refractivity contribution < 1.29 is 10.0 Å². The summed E-state index contributed by atoms with van der Waals surface area (Å²) < 4.78 is 0. The van der Waals surface area contributed by atoms with Crippen LogP contribution < -0.4 is 0 Å². The van der Waals surface area contributed by atoms with E-state index in [-0.39, 0.29) is 17.6 Å². The quantitative estimate of drug-likeness (QED) is 0.318. The number of unbranched alkanes of at least 4 members (excludes halogenated alkanes) is 2. The van der Waals surface area contributed by atoms with Gasteiger partial charge in [-0.3, -0.25) is 10.1 Å². The summed E-state index contributed by atoms with van der Waals surface area (Å²) in [5.74, 6) is 0. The van der Waals surface area contributed by atoms with Gasteiger partial charge in [-0.15, -0.1) is 0 Å². The Morgan fingerprint density at radius 3 is 2.58 bits per heavy atom. The molecular weight excluding hydrogens is 226 g/mol. The van der Waals surface area contributed by atoms with Gasteiger partial charge in [0.2, 0.25) is 6.54 Å². The molecule has 0 amide bonds. The van der Waals surface area contributed by atoms with Crippen molar-refractivity contribution in [3.8, 4) is 0 Å². The van der Waals surface area contributed by atoms with Gasteiger partial charge in [0, 0.05) is 16.7 Å². The van der Waals surface area contributed by atoms with Crippen LogP contribution in [0.25, 0.3) is 0 Å². The molecule has 0 fully saturated rings. The molecule has 0 rings (SSSR count). The van der Waals surface area contributed by atoms with Crippen LogP contribution in [0.3, 0.4) is 0 Å². The Hall–Kier alpha value is -0.160. The van der Waals surface area contributed by atoms with Crippen molar-refractivity contribution in [2.45, 2.75) is 31.8 Å². The third-order valence-corrected chi connectivity index (χ3v) is 2.30. The average Bonchev–Trinajstić information content (AvgIpc) is 2.03. The number of aliphatic hydroxyl groups excluding tert-OH is 1. The van der Waals surface area contributed by atoms with Crippen molar-refractivity contribution in [2.24, 2.45) is 0 Å². The van der Waals surface area contributed by atoms with E-state index in [2.05, 4.69) is 15.9 Å². The average molecular weight is 240 g/mol. The van der Waals surface area contributed by atoms with Crippen LogP contribution in [-0.2, 0) is 0 Å². The first-order chi connectivity index (χ1) is 5.66. The van der Waals surface area contributed by atoms with Crippen molar-refractivity contribution >= 4 is 15.9 Å². The van der Waals surface area contributed by atoms with Crippen LogP contribution in [-0.4, -0.2) is 28.0 Å². The summed E-state index contributed by atoms with van der Waals surface area (Å²) in [4.78, 5) is 9.60. The van der Waals surface area contributed by atoms with Gasteiger partial charge >= 0.3 is 0 Å². The predicted octanol–water partition coefficient (Wildman–Crippen LogP) is 1.58. The maximum Gasteiger partial charge on any atom is 0.203 e. The minimum absolute atomic E-state index is 0.0460. The minimum Gasteiger partial charge on any atom is -0.392 e. The van der Waals surface area contributed by atoms with Gasteiger partial charge in [-0.25, -0.2) is 0 Å². The first kappa shape index (κ1) is 11.8. The van der Waals surface area contributed by atoms with Crippen LogP contribution in [0.1, 0.15) is 25.7 Å². The summed E-state index contributed by atoms with van der Waals surface area (Å²) in [5.41, 5.74) is 0. The zero-order valence-corrected chi connectivity index (χ0v) is 8.49. The van der Waals surface area contributed by atoms with E-state index in [4.69, 9.17) is 5.11 Å². The van der Waals surface area contributed by atoms with Gasteiger partial charge in [-0.2, -0.15) is 0 Å². The molecule has 0 radical (unpaired) electrons. The first-order valence-corrected chi connectivity index (χ1v) is 5.14. The molecule has 0 bridgehead atoms. The smallest absolute Gasteiger partial charge is 0.203 e. The monoisotopic (exact) mass is 239 g/mol. The van der Waals surface area contributed by atoms with Gasteiger partial charge in [0.1, 0.15) is 0 Å². The third kappa shape index (κ3) is 7.94. The highest BCUT2D eigenvalue weighted by molar-refractivity contribution is 9.09. The zero-order valence-electron chi connectivity index (χ0n) is 6.91. The summed E-state index contributed by atoms with van der Waals surface area (Å²) in [6.45, 7) is 0.0460. The number of rotatable bonds is 7. The molecule has 0 aliphatic heterocycles. The standard InChI is InChI=1S/C7H14BrNO3/c8-6-7(10)4-2-1-3-5-9(11)12/h7,10H,1-6H2. The second-order valence-corrected chi connectivity index (χ2v) is 3.36. The van der Waals surface area contributed by atoms with Gasteiger partial charge < -0.3 is 5.11 Å². The van der Waals surface area contributed by atoms with E-state index < -0.39 is 0 Å². The SMILES string of the molecule is O=[N+]([O-])CCCCCC(O)CBr. The molecule has 72 valence electrons. The summed E-state index contributed by atoms with van der Waals surface area (Å²) >= 11 is 3.15. The lowest BCUT2D eigenvalue weighted by atomic mass is 10.1. The molecule has 4 nitrogen and oxygen atoms in total. The van der Waals surface area contributed by atoms with Crippen molar-refractivity contribution in [1.82, 2.24) is 0 Å². The molecule has 0 spiro atoms. The first-order valence-electron chi connectivity index (χ1n) is 4.02. The predicted molar refractivity (Wildman–Crippen MR) is 50.1 cm³/mol. The minimum atomic E-state index is -0.305. The highest BCUT2D eigenvalue weighted by Crippen LogP contribution is 2.05. The van der Waals surface area contributed by atoms with Gasteiger partial charge in [0.25, 0.3) is 0 Å². The Bertz CT molecular complexity index is 132. The molecular formula is C7H14BrNO3. The van der Waals surface area contributed by atoms with E-state index in [9.17, 15) is 10.1 Å². The van der Waals surface area contributed by atoms with Crippen molar-refractivity contribution in [3.05, 3.63) is 10.1 Å². The topological polar surface area (TPSA) is 63.4 Å². The fourth-order valence-corrected chi connectivity index (χ4v) is 1.20. The molecule has 5 heteroatoms. The highest BCUT2D eigenvalue weighted by atomic mass is 79.9. The van der Waals surface area contributed by atoms with Gasteiger partial charge in [0.15, 0.2) is 0 Å². The molecule has 0 saturated heterocycles. The fraction of sp³-hybridized carbons (Fsp3) is 1.00. The maximum atomic E-state index is 9.90. The van der Waals surface area contributed by atoms with E-state index in [1.807, 2.05) is 0 Å². The molecule has 1 unspecified atom stereocenters. The second kappa shape index (κ2) is 7.49. The van der Waals surface area contributed by atoms with Crippen LogP contribution in [0.5, 0.6) is 0 Å². The zero-order chi connectivity index (χ0) is 9.40. The van der Waals surface area contributed by atoms with Gasteiger partial charge in [-0.1, -0.05) is 22.4 Å².